The average Bonchev–Trinajstić information content (AvgIpc) is 3.56. The van der Waals surface area contributed by atoms with Gasteiger partial charge in [0.2, 0.25) is 11.8 Å². The van der Waals surface area contributed by atoms with Crippen LogP contribution >= 0.6 is 0 Å². The van der Waals surface area contributed by atoms with Crippen molar-refractivity contribution in [3.8, 4) is 16.9 Å². The number of aliphatic hydroxyl groups is 1. The number of fused-ring (bicyclic) bond motifs is 3. The number of hydrogen-bond acceptors (Lipinski definition) is 8. The standard InChI is InChI=1S/C48H55N3O8/c1-48(2,3)43-31-58-46(55)42(50-47(56)59-30-41-39-19-12-10-17-37(39)38-18-11-13-20-40(38)41)21-9-5-8-16-34(45(54)51-43)27-44(53)49-35(28-52)26-32-22-24-36(25-23-32)57-29-33-14-6-4-7-15-33/h4-8,10-15,17-20,22-25,34-35,41-43,52H,9,16,21,26-31H2,1-3H3,(H,49,53)(H,50,56)(H,51,54). The number of cyclic esters (lactones) is 1. The van der Waals surface area contributed by atoms with Crippen molar-refractivity contribution in [3.05, 3.63) is 138 Å². The topological polar surface area (TPSA) is 152 Å². The van der Waals surface area contributed by atoms with Gasteiger partial charge in [0.15, 0.2) is 0 Å². The van der Waals surface area contributed by atoms with Crippen molar-refractivity contribution in [1.82, 2.24) is 16.0 Å². The summed E-state index contributed by atoms with van der Waals surface area (Å²) in [6.45, 7) is 5.90. The third-order valence-corrected chi connectivity index (χ3v) is 10.9. The predicted octanol–water partition coefficient (Wildman–Crippen LogP) is 7.01. The Kier molecular flexibility index (Phi) is 14.6. The van der Waals surface area contributed by atoms with Gasteiger partial charge in [-0.3, -0.25) is 9.59 Å². The summed E-state index contributed by atoms with van der Waals surface area (Å²) in [5.74, 6) is -1.48. The molecular formula is C48H55N3O8. The molecule has 4 N–H and O–H groups in total. The lowest BCUT2D eigenvalue weighted by atomic mass is 9.86. The molecule has 6 rings (SSSR count). The molecule has 310 valence electrons. The molecule has 0 saturated heterocycles. The quantitative estimate of drug-likeness (QED) is 0.0883. The van der Waals surface area contributed by atoms with E-state index in [1.807, 2.05) is 124 Å². The third-order valence-electron chi connectivity index (χ3n) is 10.9. The van der Waals surface area contributed by atoms with E-state index in [4.69, 9.17) is 14.2 Å². The Labute approximate surface area is 346 Å². The van der Waals surface area contributed by atoms with Gasteiger partial charge in [0, 0.05) is 12.3 Å². The predicted molar refractivity (Wildman–Crippen MR) is 225 cm³/mol. The number of esters is 1. The SMILES string of the molecule is CC(C)(C)C1COC(=O)C(NC(=O)OCC2c3ccccc3-c3ccccc32)CCC=CCC(CC(=O)NC(CO)Cc2ccc(OCc3ccccc3)cc2)C(=O)N1. The smallest absolute Gasteiger partial charge is 0.407 e. The van der Waals surface area contributed by atoms with Crippen LogP contribution in [0, 0.1) is 11.3 Å². The number of carbonyl (C=O) groups is 4. The summed E-state index contributed by atoms with van der Waals surface area (Å²) in [6, 6.07) is 31.4. The fraction of sp³-hybridized carbons (Fsp3) is 0.375. The summed E-state index contributed by atoms with van der Waals surface area (Å²) in [5, 5.41) is 18.8. The highest BCUT2D eigenvalue weighted by Crippen LogP contribution is 2.44. The first-order valence-electron chi connectivity index (χ1n) is 20.4. The van der Waals surface area contributed by atoms with Gasteiger partial charge in [-0.05, 0) is 76.6 Å². The summed E-state index contributed by atoms with van der Waals surface area (Å²) in [4.78, 5) is 53.8. The minimum Gasteiger partial charge on any atom is -0.489 e. The van der Waals surface area contributed by atoms with Crippen LogP contribution in [0.1, 0.15) is 74.6 Å². The van der Waals surface area contributed by atoms with E-state index in [9.17, 15) is 24.3 Å². The van der Waals surface area contributed by atoms with Crippen LogP contribution in [0.15, 0.2) is 115 Å². The minimum atomic E-state index is -0.984. The molecule has 4 atom stereocenters. The van der Waals surface area contributed by atoms with E-state index in [1.54, 1.807) is 0 Å². The highest BCUT2D eigenvalue weighted by atomic mass is 16.6. The average molecular weight is 802 g/mol. The van der Waals surface area contributed by atoms with Crippen LogP contribution < -0.4 is 20.7 Å². The van der Waals surface area contributed by atoms with Gasteiger partial charge in [0.05, 0.1) is 24.6 Å². The molecule has 0 spiro atoms. The third kappa shape index (κ3) is 11.8. The van der Waals surface area contributed by atoms with Crippen LogP contribution in [0.5, 0.6) is 5.75 Å². The molecular weight excluding hydrogens is 747 g/mol. The van der Waals surface area contributed by atoms with Gasteiger partial charge in [-0.15, -0.1) is 0 Å². The first-order chi connectivity index (χ1) is 28.5. The molecule has 4 aromatic rings. The molecule has 0 saturated carbocycles. The normalized spacial score (nSPS) is 19.0. The van der Waals surface area contributed by atoms with Gasteiger partial charge in [-0.2, -0.15) is 0 Å². The van der Waals surface area contributed by atoms with Gasteiger partial charge in [-0.25, -0.2) is 9.59 Å². The second-order valence-electron chi connectivity index (χ2n) is 16.3. The molecule has 4 unspecified atom stereocenters. The Morgan fingerprint density at radius 3 is 2.19 bits per heavy atom. The molecule has 2 aliphatic rings. The lowest BCUT2D eigenvalue weighted by Crippen LogP contribution is -2.51. The maximum absolute atomic E-state index is 13.8. The summed E-state index contributed by atoms with van der Waals surface area (Å²) in [6.07, 6.45) is 4.12. The first kappa shape index (κ1) is 42.7. The number of nitrogens with one attached hydrogen (secondary N) is 3. The molecule has 3 amide bonds. The zero-order valence-electron chi connectivity index (χ0n) is 34.0. The van der Waals surface area contributed by atoms with Crippen molar-refractivity contribution >= 4 is 23.9 Å². The van der Waals surface area contributed by atoms with Crippen molar-refractivity contribution in [3.63, 3.8) is 0 Å². The highest BCUT2D eigenvalue weighted by molar-refractivity contribution is 5.86. The van der Waals surface area contributed by atoms with E-state index in [0.717, 1.165) is 33.4 Å². The number of hydrogen-bond donors (Lipinski definition) is 4. The molecule has 11 heteroatoms. The second-order valence-corrected chi connectivity index (χ2v) is 16.3. The molecule has 1 aliphatic heterocycles. The number of allylic oxidation sites excluding steroid dienone is 2. The van der Waals surface area contributed by atoms with Crippen LogP contribution in [0.3, 0.4) is 0 Å². The van der Waals surface area contributed by atoms with E-state index in [-0.39, 0.29) is 56.8 Å². The maximum atomic E-state index is 13.8. The Balaban J connectivity index is 1.04. The van der Waals surface area contributed by atoms with E-state index in [2.05, 4.69) is 28.1 Å². The van der Waals surface area contributed by atoms with Crippen LogP contribution in [0.4, 0.5) is 4.79 Å². The van der Waals surface area contributed by atoms with Crippen molar-refractivity contribution in [2.75, 3.05) is 19.8 Å². The Morgan fingerprint density at radius 2 is 1.53 bits per heavy atom. The highest BCUT2D eigenvalue weighted by Gasteiger charge is 2.34. The number of amides is 3. The van der Waals surface area contributed by atoms with E-state index in [0.29, 0.717) is 25.2 Å². The van der Waals surface area contributed by atoms with Crippen molar-refractivity contribution < 1.29 is 38.5 Å². The van der Waals surface area contributed by atoms with Crippen molar-refractivity contribution in [2.45, 2.75) is 83.5 Å². The zero-order chi connectivity index (χ0) is 41.8. The Hall–Kier alpha value is -5.94. The van der Waals surface area contributed by atoms with E-state index < -0.39 is 41.5 Å². The molecule has 0 radical (unpaired) electrons. The lowest BCUT2D eigenvalue weighted by Gasteiger charge is -2.32. The largest absolute Gasteiger partial charge is 0.489 e. The molecule has 1 heterocycles. The molecule has 0 aromatic heterocycles. The van der Waals surface area contributed by atoms with E-state index in [1.165, 1.54) is 0 Å². The Morgan fingerprint density at radius 1 is 0.864 bits per heavy atom. The minimum absolute atomic E-state index is 0.103. The number of rotatable bonds is 12. The van der Waals surface area contributed by atoms with Gasteiger partial charge < -0.3 is 35.3 Å². The van der Waals surface area contributed by atoms with Crippen molar-refractivity contribution in [2.24, 2.45) is 11.3 Å². The van der Waals surface area contributed by atoms with E-state index >= 15 is 0 Å². The van der Waals surface area contributed by atoms with Crippen molar-refractivity contribution in [1.29, 1.82) is 0 Å². The number of ether oxygens (including phenoxy) is 3. The summed E-state index contributed by atoms with van der Waals surface area (Å²) >= 11 is 0. The fourth-order valence-electron chi connectivity index (χ4n) is 7.44. The van der Waals surface area contributed by atoms with Gasteiger partial charge in [0.1, 0.15) is 31.6 Å². The number of carbonyl (C=O) groups excluding carboxylic acids is 4. The number of aliphatic hydroxyl groups excluding tert-OH is 1. The zero-order valence-corrected chi connectivity index (χ0v) is 34.0. The second kappa shape index (κ2) is 20.2. The summed E-state index contributed by atoms with van der Waals surface area (Å²) in [5.41, 5.74) is 5.85. The van der Waals surface area contributed by atoms with Gasteiger partial charge >= 0.3 is 12.1 Å². The molecule has 59 heavy (non-hydrogen) atoms. The first-order valence-corrected chi connectivity index (χ1v) is 20.4. The monoisotopic (exact) mass is 801 g/mol. The van der Waals surface area contributed by atoms with Crippen LogP contribution in [-0.2, 0) is 36.9 Å². The fourth-order valence-corrected chi connectivity index (χ4v) is 7.44. The van der Waals surface area contributed by atoms with Crippen LogP contribution in [-0.4, -0.2) is 66.9 Å². The molecule has 4 aromatic carbocycles. The van der Waals surface area contributed by atoms with Crippen LogP contribution in [0.2, 0.25) is 0 Å². The molecule has 11 nitrogen and oxygen atoms in total. The van der Waals surface area contributed by atoms with Gasteiger partial charge in [-0.1, -0.05) is 124 Å². The van der Waals surface area contributed by atoms with Crippen LogP contribution in [0.25, 0.3) is 11.1 Å². The van der Waals surface area contributed by atoms with Gasteiger partial charge in [0.25, 0.3) is 0 Å². The molecule has 1 aliphatic carbocycles. The number of benzene rings is 4. The Bertz CT molecular complexity index is 2030. The lowest BCUT2D eigenvalue weighted by molar-refractivity contribution is -0.148. The summed E-state index contributed by atoms with van der Waals surface area (Å²) < 4.78 is 17.4. The molecule has 0 fully saturated rings. The maximum Gasteiger partial charge on any atom is 0.407 e. The summed E-state index contributed by atoms with van der Waals surface area (Å²) in [7, 11) is 0. The molecule has 0 bridgehead atoms. The number of alkyl carbamates (subject to hydrolysis) is 1.